The molecule has 0 aliphatic heterocycles. The molecule has 4 nitrogen and oxygen atoms in total. The van der Waals surface area contributed by atoms with Gasteiger partial charge in [0, 0.05) is 11.9 Å². The number of carbonyl (C=O) groups excluding carboxylic acids is 1. The van der Waals surface area contributed by atoms with Crippen LogP contribution < -0.4 is 0 Å². The average Bonchev–Trinajstić information content (AvgIpc) is 2.61. The Hall–Kier alpha value is -1.97. The van der Waals surface area contributed by atoms with Gasteiger partial charge in [-0.1, -0.05) is 6.07 Å². The van der Waals surface area contributed by atoms with Crippen LogP contribution >= 0.6 is 0 Å². The molecule has 0 aliphatic rings. The van der Waals surface area contributed by atoms with Gasteiger partial charge in [-0.15, -0.1) is 0 Å². The van der Waals surface area contributed by atoms with Gasteiger partial charge in [0.1, 0.15) is 5.69 Å². The number of H-pyrrole nitrogens is 1. The first-order valence-electron chi connectivity index (χ1n) is 4.24. The van der Waals surface area contributed by atoms with Gasteiger partial charge in [-0.25, -0.2) is 4.98 Å². The zero-order valence-electron chi connectivity index (χ0n) is 7.69. The van der Waals surface area contributed by atoms with Crippen molar-refractivity contribution < 1.29 is 4.79 Å². The fraction of sp³-hybridized carbons (Fsp3) is 0.100. The minimum Gasteiger partial charge on any atom is -0.339 e. The molecule has 0 unspecified atom stereocenters. The van der Waals surface area contributed by atoms with Crippen LogP contribution in [0.15, 0.2) is 24.4 Å². The number of rotatable bonds is 2. The monoisotopic (exact) mass is 187 g/mol. The molecule has 1 N–H and O–H groups in total. The summed E-state index contributed by atoms with van der Waals surface area (Å²) in [7, 11) is 0. The van der Waals surface area contributed by atoms with Crippen LogP contribution in [0, 0.1) is 6.92 Å². The van der Waals surface area contributed by atoms with Crippen LogP contribution in [-0.4, -0.2) is 21.2 Å². The Bertz CT molecular complexity index is 448. The summed E-state index contributed by atoms with van der Waals surface area (Å²) in [6.07, 6.45) is 2.39. The van der Waals surface area contributed by atoms with Crippen LogP contribution in [0.2, 0.25) is 0 Å². The highest BCUT2D eigenvalue weighted by atomic mass is 16.1. The maximum absolute atomic E-state index is 10.5. The first kappa shape index (κ1) is 8.62. The molecular weight excluding hydrogens is 178 g/mol. The number of pyridine rings is 1. The van der Waals surface area contributed by atoms with E-state index in [1.807, 2.05) is 25.1 Å². The normalized spacial score (nSPS) is 10.1. The summed E-state index contributed by atoms with van der Waals surface area (Å²) in [5.74, 6) is 0.336. The quantitative estimate of drug-likeness (QED) is 0.726. The Morgan fingerprint density at radius 1 is 1.43 bits per heavy atom. The van der Waals surface area contributed by atoms with Crippen LogP contribution in [0.4, 0.5) is 0 Å². The molecule has 0 radical (unpaired) electrons. The van der Waals surface area contributed by atoms with Crippen LogP contribution in [0.25, 0.3) is 11.4 Å². The number of aromatic nitrogens is 3. The molecule has 0 aromatic carbocycles. The summed E-state index contributed by atoms with van der Waals surface area (Å²) in [6, 6.07) is 5.58. The second-order valence-corrected chi connectivity index (χ2v) is 2.93. The molecule has 2 aromatic rings. The van der Waals surface area contributed by atoms with Crippen LogP contribution in [0.5, 0.6) is 0 Å². The van der Waals surface area contributed by atoms with Crippen molar-refractivity contribution >= 4 is 6.29 Å². The lowest BCUT2D eigenvalue weighted by molar-refractivity contribution is 0.111. The van der Waals surface area contributed by atoms with Crippen LogP contribution in [-0.2, 0) is 0 Å². The Kier molecular flexibility index (Phi) is 2.10. The number of aldehydes is 1. The van der Waals surface area contributed by atoms with Crippen LogP contribution in [0.1, 0.15) is 16.3 Å². The highest BCUT2D eigenvalue weighted by molar-refractivity contribution is 5.72. The van der Waals surface area contributed by atoms with Gasteiger partial charge >= 0.3 is 0 Å². The Labute approximate surface area is 81.0 Å². The molecule has 0 saturated heterocycles. The Balaban J connectivity index is 2.51. The van der Waals surface area contributed by atoms with E-state index in [1.54, 1.807) is 6.20 Å². The molecule has 2 heterocycles. The van der Waals surface area contributed by atoms with Gasteiger partial charge in [-0.05, 0) is 19.1 Å². The van der Waals surface area contributed by atoms with Crippen molar-refractivity contribution in [1.29, 1.82) is 0 Å². The number of nitrogens with one attached hydrogen (secondary N) is 1. The van der Waals surface area contributed by atoms with E-state index in [9.17, 15) is 4.79 Å². The standard InChI is InChI=1S/C10H9N3O/c1-7-10(13-9(6-14)12-7)8-4-2-3-5-11-8/h2-6H,1H3,(H,12,13). The maximum Gasteiger partial charge on any atom is 0.185 e. The molecule has 0 fully saturated rings. The highest BCUT2D eigenvalue weighted by Gasteiger charge is 2.08. The number of nitrogens with zero attached hydrogens (tertiary/aromatic N) is 2. The molecule has 2 rings (SSSR count). The zero-order chi connectivity index (χ0) is 9.97. The summed E-state index contributed by atoms with van der Waals surface area (Å²) in [4.78, 5) is 21.6. The molecule has 70 valence electrons. The van der Waals surface area contributed by atoms with Gasteiger partial charge in [0.25, 0.3) is 0 Å². The molecule has 0 bridgehead atoms. The summed E-state index contributed by atoms with van der Waals surface area (Å²) >= 11 is 0. The van der Waals surface area contributed by atoms with Gasteiger partial charge in [0.15, 0.2) is 12.1 Å². The molecule has 2 aromatic heterocycles. The van der Waals surface area contributed by atoms with Crippen molar-refractivity contribution in [3.8, 4) is 11.4 Å². The minimum absolute atomic E-state index is 0.336. The van der Waals surface area contributed by atoms with Crippen molar-refractivity contribution in [2.45, 2.75) is 6.92 Å². The topological polar surface area (TPSA) is 58.6 Å². The largest absolute Gasteiger partial charge is 0.339 e. The van der Waals surface area contributed by atoms with E-state index in [0.29, 0.717) is 12.1 Å². The summed E-state index contributed by atoms with van der Waals surface area (Å²) < 4.78 is 0. The molecule has 0 aliphatic carbocycles. The van der Waals surface area contributed by atoms with Gasteiger partial charge in [-0.2, -0.15) is 0 Å². The Morgan fingerprint density at radius 2 is 2.29 bits per heavy atom. The third-order valence-corrected chi connectivity index (χ3v) is 1.92. The third-order valence-electron chi connectivity index (χ3n) is 1.92. The lowest BCUT2D eigenvalue weighted by Crippen LogP contribution is -1.84. The van der Waals surface area contributed by atoms with Gasteiger partial charge in [0.2, 0.25) is 0 Å². The molecule has 0 amide bonds. The lowest BCUT2D eigenvalue weighted by Gasteiger charge is -1.94. The van der Waals surface area contributed by atoms with Crippen molar-refractivity contribution in [3.05, 3.63) is 35.9 Å². The zero-order valence-corrected chi connectivity index (χ0v) is 7.69. The average molecular weight is 187 g/mol. The van der Waals surface area contributed by atoms with Crippen molar-refractivity contribution in [2.75, 3.05) is 0 Å². The van der Waals surface area contributed by atoms with Gasteiger partial charge < -0.3 is 4.98 Å². The molecule has 0 spiro atoms. The van der Waals surface area contributed by atoms with Crippen molar-refractivity contribution in [1.82, 2.24) is 15.0 Å². The molecule has 0 atom stereocenters. The smallest absolute Gasteiger partial charge is 0.185 e. The second kappa shape index (κ2) is 3.41. The first-order valence-corrected chi connectivity index (χ1v) is 4.24. The van der Waals surface area contributed by atoms with Gasteiger partial charge in [-0.3, -0.25) is 9.78 Å². The van der Waals surface area contributed by atoms with E-state index in [4.69, 9.17) is 0 Å². The van der Waals surface area contributed by atoms with Gasteiger partial charge in [0.05, 0.1) is 5.69 Å². The van der Waals surface area contributed by atoms with Crippen LogP contribution in [0.3, 0.4) is 0 Å². The highest BCUT2D eigenvalue weighted by Crippen LogP contribution is 2.17. The molecule has 0 saturated carbocycles. The summed E-state index contributed by atoms with van der Waals surface area (Å²) in [5.41, 5.74) is 2.35. The van der Waals surface area contributed by atoms with E-state index in [1.165, 1.54) is 0 Å². The lowest BCUT2D eigenvalue weighted by atomic mass is 10.2. The molecular formula is C10H9N3O. The summed E-state index contributed by atoms with van der Waals surface area (Å²) in [5, 5.41) is 0. The number of carbonyl (C=O) groups is 1. The number of hydrogen-bond acceptors (Lipinski definition) is 3. The van der Waals surface area contributed by atoms with E-state index < -0.39 is 0 Å². The fourth-order valence-corrected chi connectivity index (χ4v) is 1.29. The van der Waals surface area contributed by atoms with E-state index in [0.717, 1.165) is 17.1 Å². The molecule has 4 heteroatoms. The van der Waals surface area contributed by atoms with Crippen molar-refractivity contribution in [3.63, 3.8) is 0 Å². The Morgan fingerprint density at radius 3 is 2.86 bits per heavy atom. The fourth-order valence-electron chi connectivity index (χ4n) is 1.29. The number of aromatic amines is 1. The maximum atomic E-state index is 10.5. The third kappa shape index (κ3) is 1.42. The van der Waals surface area contributed by atoms with E-state index in [2.05, 4.69) is 15.0 Å². The number of imidazole rings is 1. The molecule has 14 heavy (non-hydrogen) atoms. The van der Waals surface area contributed by atoms with E-state index >= 15 is 0 Å². The predicted octanol–water partition coefficient (Wildman–Crippen LogP) is 1.59. The predicted molar refractivity (Wildman–Crippen MR) is 51.9 cm³/mol. The number of hydrogen-bond donors (Lipinski definition) is 1. The SMILES string of the molecule is Cc1[nH]c(C=O)nc1-c1ccccn1. The number of aryl methyl sites for hydroxylation is 1. The van der Waals surface area contributed by atoms with Crippen molar-refractivity contribution in [2.24, 2.45) is 0 Å². The first-order chi connectivity index (χ1) is 6.81. The summed E-state index contributed by atoms with van der Waals surface area (Å²) in [6.45, 7) is 1.87. The van der Waals surface area contributed by atoms with E-state index in [-0.39, 0.29) is 0 Å². The second-order valence-electron chi connectivity index (χ2n) is 2.93. The minimum atomic E-state index is 0.336.